The van der Waals surface area contributed by atoms with E-state index >= 15 is 0 Å². The Labute approximate surface area is 133 Å². The van der Waals surface area contributed by atoms with Gasteiger partial charge in [0.25, 0.3) is 5.69 Å². The Hall–Kier alpha value is -2.79. The first-order chi connectivity index (χ1) is 10.4. The van der Waals surface area contributed by atoms with E-state index in [-0.39, 0.29) is 27.1 Å². The fourth-order valence-electron chi connectivity index (χ4n) is 1.71. The van der Waals surface area contributed by atoms with Crippen LogP contribution in [0.25, 0.3) is 0 Å². The Morgan fingerprint density at radius 2 is 2.00 bits per heavy atom. The van der Waals surface area contributed by atoms with E-state index < -0.39 is 10.7 Å². The third kappa shape index (κ3) is 3.27. The molecule has 0 fully saturated rings. The number of anilines is 1. The summed E-state index contributed by atoms with van der Waals surface area (Å²) in [5.74, 6) is -0.421. The van der Waals surface area contributed by atoms with Crippen molar-refractivity contribution in [2.75, 3.05) is 5.73 Å². The Morgan fingerprint density at radius 1 is 1.36 bits per heavy atom. The molecular weight excluding hydrogens is 355 g/mol. The summed E-state index contributed by atoms with van der Waals surface area (Å²) in [5.41, 5.74) is 6.20. The molecule has 0 atom stereocenters. The number of nitrogens with two attached hydrogens (primary N) is 1. The number of hydrogen-bond acceptors (Lipinski definition) is 5. The number of aliphatic imine (C=N–C) groups is 1. The molecule has 0 saturated carbocycles. The third-order valence-electron chi connectivity index (χ3n) is 2.74. The highest BCUT2D eigenvalue weighted by atomic mass is 79.9. The topological polar surface area (TPSA) is 105 Å². The lowest BCUT2D eigenvalue weighted by molar-refractivity contribution is -0.385. The van der Waals surface area contributed by atoms with E-state index in [0.717, 1.165) is 6.07 Å². The van der Waals surface area contributed by atoms with Gasteiger partial charge in [0.15, 0.2) is 0 Å². The Bertz CT molecular complexity index is 813. The lowest BCUT2D eigenvalue weighted by Crippen LogP contribution is -2.04. The Kier molecular flexibility index (Phi) is 4.48. The first-order valence-corrected chi connectivity index (χ1v) is 6.70. The molecular formula is C14H8BrFN4O2. The number of halogens is 2. The van der Waals surface area contributed by atoms with Gasteiger partial charge in [0.1, 0.15) is 17.6 Å². The quantitative estimate of drug-likeness (QED) is 0.388. The standard InChI is InChI=1S/C14H8BrFN4O2/c15-11-5-10(12(18)6-14(11)20(21)22)13(7-17)19-9-3-1-8(16)2-4-9/h1-6H,18H2. The number of hydrogen-bond donors (Lipinski definition) is 1. The van der Waals surface area contributed by atoms with Crippen LogP contribution in [0.15, 0.2) is 45.9 Å². The monoisotopic (exact) mass is 362 g/mol. The zero-order valence-corrected chi connectivity index (χ0v) is 12.5. The number of benzene rings is 2. The van der Waals surface area contributed by atoms with Gasteiger partial charge in [-0.15, -0.1) is 0 Å². The molecule has 0 amide bonds. The number of rotatable bonds is 3. The second kappa shape index (κ2) is 6.32. The van der Waals surface area contributed by atoms with Gasteiger partial charge in [-0.05, 0) is 46.3 Å². The van der Waals surface area contributed by atoms with Crippen molar-refractivity contribution in [3.8, 4) is 6.07 Å². The van der Waals surface area contributed by atoms with Gasteiger partial charge in [-0.1, -0.05) is 0 Å². The maximum atomic E-state index is 12.9. The normalized spacial score (nSPS) is 11.0. The summed E-state index contributed by atoms with van der Waals surface area (Å²) < 4.78 is 13.0. The van der Waals surface area contributed by atoms with Crippen molar-refractivity contribution < 1.29 is 9.31 Å². The predicted octanol–water partition coefficient (Wildman–Crippen LogP) is 3.72. The van der Waals surface area contributed by atoms with Crippen LogP contribution in [0.3, 0.4) is 0 Å². The number of nitro groups is 1. The minimum Gasteiger partial charge on any atom is -0.398 e. The van der Waals surface area contributed by atoms with E-state index in [4.69, 9.17) is 5.73 Å². The van der Waals surface area contributed by atoms with Crippen molar-refractivity contribution in [3.05, 3.63) is 62.4 Å². The van der Waals surface area contributed by atoms with Gasteiger partial charge in [-0.3, -0.25) is 10.1 Å². The highest BCUT2D eigenvalue weighted by Gasteiger charge is 2.18. The van der Waals surface area contributed by atoms with E-state index in [1.54, 1.807) is 0 Å². The van der Waals surface area contributed by atoms with Crippen LogP contribution in [-0.2, 0) is 0 Å². The smallest absolute Gasteiger partial charge is 0.285 e. The molecule has 22 heavy (non-hydrogen) atoms. The molecule has 0 spiro atoms. The zero-order valence-electron chi connectivity index (χ0n) is 11.0. The molecule has 0 aliphatic heterocycles. The van der Waals surface area contributed by atoms with Gasteiger partial charge in [-0.2, -0.15) is 5.26 Å². The van der Waals surface area contributed by atoms with Crippen molar-refractivity contribution >= 4 is 38.7 Å². The second-order valence-electron chi connectivity index (χ2n) is 4.20. The summed E-state index contributed by atoms with van der Waals surface area (Å²) in [6, 6.07) is 9.63. The molecule has 2 N–H and O–H groups in total. The van der Waals surface area contributed by atoms with Gasteiger partial charge in [0.05, 0.1) is 15.1 Å². The highest BCUT2D eigenvalue weighted by Crippen LogP contribution is 2.30. The first kappa shape index (κ1) is 15.6. The van der Waals surface area contributed by atoms with Crippen molar-refractivity contribution in [2.24, 2.45) is 4.99 Å². The minimum atomic E-state index is -0.590. The lowest BCUT2D eigenvalue weighted by atomic mass is 10.1. The zero-order chi connectivity index (χ0) is 16.3. The molecule has 0 unspecified atom stereocenters. The molecule has 8 heteroatoms. The molecule has 6 nitrogen and oxygen atoms in total. The summed E-state index contributed by atoms with van der Waals surface area (Å²) in [6.07, 6.45) is 0. The van der Waals surface area contributed by atoms with E-state index in [0.29, 0.717) is 5.69 Å². The largest absolute Gasteiger partial charge is 0.398 e. The minimum absolute atomic E-state index is 0.0280. The second-order valence-corrected chi connectivity index (χ2v) is 5.05. The Morgan fingerprint density at radius 3 is 2.55 bits per heavy atom. The van der Waals surface area contributed by atoms with E-state index in [1.807, 2.05) is 6.07 Å². The summed E-state index contributed by atoms with van der Waals surface area (Å²) in [5, 5.41) is 20.1. The SMILES string of the molecule is N#CC(=Nc1ccc(F)cc1)c1cc(Br)c([N+](=O)[O-])cc1N. The summed E-state index contributed by atoms with van der Waals surface area (Å²) in [4.78, 5) is 14.3. The third-order valence-corrected chi connectivity index (χ3v) is 3.38. The summed E-state index contributed by atoms with van der Waals surface area (Å²) in [7, 11) is 0. The van der Waals surface area contributed by atoms with Gasteiger partial charge >= 0.3 is 0 Å². The molecule has 0 aliphatic carbocycles. The maximum Gasteiger partial charge on any atom is 0.285 e. The van der Waals surface area contributed by atoms with Crippen LogP contribution in [0.4, 0.5) is 21.5 Å². The van der Waals surface area contributed by atoms with E-state index in [1.165, 1.54) is 30.3 Å². The number of nitro benzene ring substituents is 1. The molecule has 0 bridgehead atoms. The van der Waals surface area contributed by atoms with Crippen molar-refractivity contribution in [2.45, 2.75) is 0 Å². The first-order valence-electron chi connectivity index (χ1n) is 5.90. The average Bonchev–Trinajstić information content (AvgIpc) is 2.48. The summed E-state index contributed by atoms with van der Waals surface area (Å²) in [6.45, 7) is 0. The molecule has 110 valence electrons. The Balaban J connectivity index is 2.53. The van der Waals surface area contributed by atoms with Crippen LogP contribution in [0.1, 0.15) is 5.56 Å². The van der Waals surface area contributed by atoms with Crippen molar-refractivity contribution in [1.82, 2.24) is 0 Å². The highest BCUT2D eigenvalue weighted by molar-refractivity contribution is 9.10. The average molecular weight is 363 g/mol. The fourth-order valence-corrected chi connectivity index (χ4v) is 2.20. The summed E-state index contributed by atoms with van der Waals surface area (Å²) >= 11 is 3.06. The van der Waals surface area contributed by atoms with Crippen molar-refractivity contribution in [1.29, 1.82) is 5.26 Å². The molecule has 0 saturated heterocycles. The molecule has 0 heterocycles. The molecule has 2 rings (SSSR count). The van der Waals surface area contributed by atoms with Crippen LogP contribution in [0.2, 0.25) is 0 Å². The van der Waals surface area contributed by atoms with Gasteiger partial charge < -0.3 is 5.73 Å². The van der Waals surface area contributed by atoms with Crippen LogP contribution in [0.5, 0.6) is 0 Å². The van der Waals surface area contributed by atoms with Crippen LogP contribution in [-0.4, -0.2) is 10.6 Å². The van der Waals surface area contributed by atoms with E-state index in [9.17, 15) is 19.8 Å². The molecule has 2 aromatic carbocycles. The van der Waals surface area contributed by atoms with Crippen molar-refractivity contribution in [3.63, 3.8) is 0 Å². The lowest BCUT2D eigenvalue weighted by Gasteiger charge is -2.05. The molecule has 0 aliphatic rings. The van der Waals surface area contributed by atoms with Gasteiger partial charge in [-0.25, -0.2) is 9.38 Å². The van der Waals surface area contributed by atoms with Gasteiger partial charge in [0, 0.05) is 17.3 Å². The maximum absolute atomic E-state index is 12.9. The number of nitrogen functional groups attached to an aromatic ring is 1. The van der Waals surface area contributed by atoms with Crippen LogP contribution in [0, 0.1) is 27.3 Å². The molecule has 2 aromatic rings. The predicted molar refractivity (Wildman–Crippen MR) is 83.4 cm³/mol. The van der Waals surface area contributed by atoms with Crippen LogP contribution >= 0.6 is 15.9 Å². The number of nitriles is 1. The van der Waals surface area contributed by atoms with E-state index in [2.05, 4.69) is 20.9 Å². The molecule has 0 radical (unpaired) electrons. The fraction of sp³-hybridized carbons (Fsp3) is 0. The van der Waals surface area contributed by atoms with Gasteiger partial charge in [0.2, 0.25) is 0 Å². The molecule has 0 aromatic heterocycles. The van der Waals surface area contributed by atoms with Crippen LogP contribution < -0.4 is 5.73 Å². The number of nitrogens with zero attached hydrogens (tertiary/aromatic N) is 3.